The Hall–Kier alpha value is -2.48. The van der Waals surface area contributed by atoms with E-state index in [0.717, 1.165) is 19.3 Å². The van der Waals surface area contributed by atoms with Gasteiger partial charge < -0.3 is 14.2 Å². The van der Waals surface area contributed by atoms with Gasteiger partial charge in [0.1, 0.15) is 11.6 Å². The molecular formula is C18H23NO4. The number of carbonyl (C=O) groups excluding carboxylic acids is 1. The molecule has 0 aliphatic heterocycles. The molecule has 1 aromatic rings. The number of ether oxygens (including phenoxy) is 3. The lowest BCUT2D eigenvalue weighted by molar-refractivity contribution is -0.138. The van der Waals surface area contributed by atoms with Gasteiger partial charge in [-0.1, -0.05) is 26.3 Å². The van der Waals surface area contributed by atoms with Crippen molar-refractivity contribution in [1.29, 1.82) is 5.26 Å². The molecule has 5 heteroatoms. The number of hydrogen-bond donors (Lipinski definition) is 0. The van der Waals surface area contributed by atoms with E-state index in [9.17, 15) is 4.79 Å². The number of nitrogens with zero attached hydrogens (tertiary/aromatic N) is 1. The van der Waals surface area contributed by atoms with Gasteiger partial charge in [-0.25, -0.2) is 4.79 Å². The monoisotopic (exact) mass is 317 g/mol. The summed E-state index contributed by atoms with van der Waals surface area (Å²) >= 11 is 0. The van der Waals surface area contributed by atoms with Crippen molar-refractivity contribution < 1.29 is 19.0 Å². The van der Waals surface area contributed by atoms with E-state index in [-0.39, 0.29) is 5.57 Å². The van der Waals surface area contributed by atoms with Crippen LogP contribution in [0.2, 0.25) is 0 Å². The fraction of sp³-hybridized carbons (Fsp3) is 0.444. The van der Waals surface area contributed by atoms with Crippen LogP contribution in [0, 0.1) is 11.3 Å². The summed E-state index contributed by atoms with van der Waals surface area (Å²) in [5.41, 5.74) is 0.639. The molecule has 124 valence electrons. The normalized spacial score (nSPS) is 10.8. The Kier molecular flexibility index (Phi) is 8.30. The predicted octanol–water partition coefficient (Wildman–Crippen LogP) is 3.73. The quantitative estimate of drug-likeness (QED) is 0.300. The second kappa shape index (κ2) is 10.3. The summed E-state index contributed by atoms with van der Waals surface area (Å²) in [6, 6.07) is 7.13. The van der Waals surface area contributed by atoms with E-state index in [1.54, 1.807) is 25.3 Å². The zero-order valence-electron chi connectivity index (χ0n) is 13.9. The summed E-state index contributed by atoms with van der Waals surface area (Å²) in [5, 5.41) is 9.14. The fourth-order valence-corrected chi connectivity index (χ4v) is 1.80. The van der Waals surface area contributed by atoms with Crippen molar-refractivity contribution in [3.05, 3.63) is 29.3 Å². The second-order valence-electron chi connectivity index (χ2n) is 4.92. The largest absolute Gasteiger partial charge is 0.493 e. The number of methoxy groups -OCH3 is 1. The average molecular weight is 317 g/mol. The minimum absolute atomic E-state index is 0.0367. The van der Waals surface area contributed by atoms with E-state index in [2.05, 4.69) is 0 Å². The van der Waals surface area contributed by atoms with Crippen molar-refractivity contribution in [3.8, 4) is 17.6 Å². The molecule has 5 nitrogen and oxygen atoms in total. The summed E-state index contributed by atoms with van der Waals surface area (Å²) in [4.78, 5) is 11.8. The van der Waals surface area contributed by atoms with Crippen molar-refractivity contribution >= 4 is 12.0 Å². The summed E-state index contributed by atoms with van der Waals surface area (Å²) in [6.07, 6.45) is 4.09. The molecule has 23 heavy (non-hydrogen) atoms. The Bertz CT molecular complexity index is 587. The molecule has 0 bridgehead atoms. The van der Waals surface area contributed by atoms with E-state index in [0.29, 0.717) is 30.3 Å². The molecule has 0 saturated carbocycles. The topological polar surface area (TPSA) is 68.6 Å². The summed E-state index contributed by atoms with van der Waals surface area (Å²) < 4.78 is 15.9. The Morgan fingerprint density at radius 2 is 2.00 bits per heavy atom. The van der Waals surface area contributed by atoms with Gasteiger partial charge in [0.2, 0.25) is 0 Å². The van der Waals surface area contributed by atoms with Crippen molar-refractivity contribution in [2.24, 2.45) is 0 Å². The predicted molar refractivity (Wildman–Crippen MR) is 88.2 cm³/mol. The molecule has 1 rings (SSSR count). The summed E-state index contributed by atoms with van der Waals surface area (Å²) in [6.45, 7) is 4.94. The fourth-order valence-electron chi connectivity index (χ4n) is 1.80. The van der Waals surface area contributed by atoms with Gasteiger partial charge in [0.15, 0.2) is 11.5 Å². The van der Waals surface area contributed by atoms with Crippen LogP contribution in [0.5, 0.6) is 11.5 Å². The lowest BCUT2D eigenvalue weighted by Gasteiger charge is -2.10. The second-order valence-corrected chi connectivity index (χ2v) is 4.92. The number of rotatable bonds is 9. The first-order chi connectivity index (χ1) is 11.2. The Labute approximate surface area is 137 Å². The maximum atomic E-state index is 11.8. The zero-order chi connectivity index (χ0) is 17.1. The van der Waals surface area contributed by atoms with Crippen LogP contribution in [-0.2, 0) is 9.53 Å². The smallest absolute Gasteiger partial charge is 0.348 e. The van der Waals surface area contributed by atoms with Crippen LogP contribution in [0.15, 0.2) is 23.8 Å². The first-order valence-corrected chi connectivity index (χ1v) is 7.76. The molecule has 0 radical (unpaired) electrons. The van der Waals surface area contributed by atoms with Crippen LogP contribution in [-0.4, -0.2) is 26.3 Å². The van der Waals surface area contributed by atoms with E-state index < -0.39 is 5.97 Å². The standard InChI is InChI=1S/C18H23NO4/c1-4-6-10-23-18(20)15(13-19)11-14-7-8-16(22-9-5-2)17(12-14)21-3/h7-8,11-12H,4-6,9-10H2,1-3H3. The maximum absolute atomic E-state index is 11.8. The summed E-state index contributed by atoms with van der Waals surface area (Å²) in [5.74, 6) is 0.589. The lowest BCUT2D eigenvalue weighted by Crippen LogP contribution is -2.07. The third-order valence-corrected chi connectivity index (χ3v) is 3.03. The van der Waals surface area contributed by atoms with Crippen molar-refractivity contribution in [2.45, 2.75) is 33.1 Å². The highest BCUT2D eigenvalue weighted by atomic mass is 16.5. The third-order valence-electron chi connectivity index (χ3n) is 3.03. The van der Waals surface area contributed by atoms with Crippen LogP contribution in [0.4, 0.5) is 0 Å². The molecule has 0 N–H and O–H groups in total. The number of carbonyl (C=O) groups is 1. The zero-order valence-corrected chi connectivity index (χ0v) is 13.9. The van der Waals surface area contributed by atoms with E-state index >= 15 is 0 Å². The average Bonchev–Trinajstić information content (AvgIpc) is 2.58. The molecule has 0 aromatic heterocycles. The van der Waals surface area contributed by atoms with Gasteiger partial charge in [0.25, 0.3) is 0 Å². The van der Waals surface area contributed by atoms with Gasteiger partial charge in [-0.15, -0.1) is 0 Å². The Morgan fingerprint density at radius 3 is 2.61 bits per heavy atom. The number of esters is 1. The van der Waals surface area contributed by atoms with Crippen molar-refractivity contribution in [2.75, 3.05) is 20.3 Å². The van der Waals surface area contributed by atoms with E-state index in [1.165, 1.54) is 6.08 Å². The summed E-state index contributed by atoms with van der Waals surface area (Å²) in [7, 11) is 1.55. The molecule has 0 heterocycles. The number of unbranched alkanes of at least 4 members (excludes halogenated alkanes) is 1. The first kappa shape index (κ1) is 18.6. The molecule has 0 amide bonds. The van der Waals surface area contributed by atoms with Gasteiger partial charge in [0.05, 0.1) is 20.3 Å². The minimum atomic E-state index is -0.605. The number of benzene rings is 1. The van der Waals surface area contributed by atoms with Crippen LogP contribution in [0.25, 0.3) is 6.08 Å². The molecule has 0 unspecified atom stereocenters. The van der Waals surface area contributed by atoms with Crippen molar-refractivity contribution in [1.82, 2.24) is 0 Å². The van der Waals surface area contributed by atoms with Crippen LogP contribution < -0.4 is 9.47 Å². The molecule has 0 atom stereocenters. The van der Waals surface area contributed by atoms with Gasteiger partial charge in [-0.2, -0.15) is 5.26 Å². The SMILES string of the molecule is CCCCOC(=O)C(C#N)=Cc1ccc(OCCC)c(OC)c1. The molecule has 0 spiro atoms. The van der Waals surface area contributed by atoms with Gasteiger partial charge in [-0.3, -0.25) is 0 Å². The highest BCUT2D eigenvalue weighted by Gasteiger charge is 2.11. The van der Waals surface area contributed by atoms with Crippen LogP contribution in [0.3, 0.4) is 0 Å². The molecule has 0 aliphatic rings. The molecule has 0 saturated heterocycles. The number of hydrogen-bond acceptors (Lipinski definition) is 5. The van der Waals surface area contributed by atoms with Crippen LogP contribution in [0.1, 0.15) is 38.7 Å². The Balaban J connectivity index is 2.91. The highest BCUT2D eigenvalue weighted by Crippen LogP contribution is 2.29. The van der Waals surface area contributed by atoms with Gasteiger partial charge >= 0.3 is 5.97 Å². The van der Waals surface area contributed by atoms with Crippen LogP contribution >= 0.6 is 0 Å². The highest BCUT2D eigenvalue weighted by molar-refractivity contribution is 5.97. The lowest BCUT2D eigenvalue weighted by atomic mass is 10.1. The first-order valence-electron chi connectivity index (χ1n) is 7.76. The molecule has 1 aromatic carbocycles. The van der Waals surface area contributed by atoms with E-state index in [4.69, 9.17) is 19.5 Å². The minimum Gasteiger partial charge on any atom is -0.493 e. The van der Waals surface area contributed by atoms with Crippen molar-refractivity contribution in [3.63, 3.8) is 0 Å². The van der Waals surface area contributed by atoms with Gasteiger partial charge in [-0.05, 0) is 36.6 Å². The third kappa shape index (κ3) is 6.03. The van der Waals surface area contributed by atoms with Gasteiger partial charge in [0, 0.05) is 0 Å². The number of nitriles is 1. The van der Waals surface area contributed by atoms with E-state index in [1.807, 2.05) is 19.9 Å². The maximum Gasteiger partial charge on any atom is 0.348 e. The Morgan fingerprint density at radius 1 is 1.22 bits per heavy atom. The molecular weight excluding hydrogens is 294 g/mol. The molecule has 0 aliphatic carbocycles. The molecule has 0 fully saturated rings.